The minimum Gasteiger partial charge on any atom is -0.479 e. The Bertz CT molecular complexity index is 1010. The molecule has 28 heavy (non-hydrogen) atoms. The number of hydrogen-bond acceptors (Lipinski definition) is 4. The first-order valence-corrected chi connectivity index (χ1v) is 11.7. The van der Waals surface area contributed by atoms with E-state index in [4.69, 9.17) is 11.2 Å². The van der Waals surface area contributed by atoms with Crippen LogP contribution >= 0.6 is 72.9 Å². The fourth-order valence-electron chi connectivity index (χ4n) is 2.52. The van der Waals surface area contributed by atoms with Crippen molar-refractivity contribution in [1.29, 1.82) is 0 Å². The van der Waals surface area contributed by atoms with Crippen LogP contribution in [0, 0.1) is 19.5 Å². The molecule has 0 N–H and O–H groups in total. The second kappa shape index (κ2) is 9.65. The van der Waals surface area contributed by atoms with E-state index in [0.29, 0.717) is 4.91 Å². The monoisotopic (exact) mass is 679 g/mol. The van der Waals surface area contributed by atoms with Crippen molar-refractivity contribution in [2.24, 2.45) is 0 Å². The molecule has 1 saturated heterocycles. The SMILES string of the molecule is C#CCOc1c(I)cc(/C=C2\SC(=O)N(Cc3cccc(Br)c3)C2=O)cc1I. The van der Waals surface area contributed by atoms with Crippen LogP contribution in [0.15, 0.2) is 45.8 Å². The number of amides is 2. The largest absolute Gasteiger partial charge is 0.479 e. The second-order valence-corrected chi connectivity index (χ2v) is 9.94. The van der Waals surface area contributed by atoms with E-state index in [0.717, 1.165) is 40.3 Å². The van der Waals surface area contributed by atoms with Gasteiger partial charge in [-0.2, -0.15) is 0 Å². The molecule has 2 aromatic rings. The Balaban J connectivity index is 1.82. The molecule has 0 aliphatic carbocycles. The van der Waals surface area contributed by atoms with Crippen molar-refractivity contribution < 1.29 is 14.3 Å². The Morgan fingerprint density at radius 1 is 1.21 bits per heavy atom. The molecule has 0 radical (unpaired) electrons. The Labute approximate surface area is 202 Å². The van der Waals surface area contributed by atoms with E-state index in [1.807, 2.05) is 36.4 Å². The second-order valence-electron chi connectivity index (χ2n) is 5.70. The number of benzene rings is 2. The lowest BCUT2D eigenvalue weighted by Gasteiger charge is -2.12. The number of imide groups is 1. The fraction of sp³-hybridized carbons (Fsp3) is 0.100. The molecule has 0 saturated carbocycles. The quantitative estimate of drug-likeness (QED) is 0.224. The van der Waals surface area contributed by atoms with E-state index in [-0.39, 0.29) is 24.3 Å². The number of carbonyl (C=O) groups excluding carboxylic acids is 2. The van der Waals surface area contributed by atoms with Gasteiger partial charge in [-0.1, -0.05) is 34.0 Å². The van der Waals surface area contributed by atoms with E-state index in [1.54, 1.807) is 6.08 Å². The summed E-state index contributed by atoms with van der Waals surface area (Å²) < 4.78 is 8.25. The lowest BCUT2D eigenvalue weighted by atomic mass is 10.2. The third-order valence-corrected chi connectivity index (χ3v) is 6.72. The van der Waals surface area contributed by atoms with Gasteiger partial charge in [-0.25, -0.2) is 0 Å². The van der Waals surface area contributed by atoms with Crippen molar-refractivity contribution in [1.82, 2.24) is 4.90 Å². The van der Waals surface area contributed by atoms with E-state index < -0.39 is 0 Å². The lowest BCUT2D eigenvalue weighted by molar-refractivity contribution is -0.123. The number of halogens is 3. The van der Waals surface area contributed by atoms with Gasteiger partial charge in [-0.05, 0) is 98.4 Å². The van der Waals surface area contributed by atoms with Gasteiger partial charge >= 0.3 is 0 Å². The Kier molecular flexibility index (Phi) is 7.47. The van der Waals surface area contributed by atoms with Crippen molar-refractivity contribution in [2.45, 2.75) is 6.54 Å². The van der Waals surface area contributed by atoms with Crippen LogP contribution in [0.5, 0.6) is 5.75 Å². The maximum absolute atomic E-state index is 12.7. The maximum Gasteiger partial charge on any atom is 0.293 e. The zero-order valence-electron chi connectivity index (χ0n) is 14.2. The number of hydrogen-bond donors (Lipinski definition) is 0. The molecule has 142 valence electrons. The first-order chi connectivity index (χ1) is 13.4. The number of terminal acetylenes is 1. The third kappa shape index (κ3) is 5.11. The molecule has 8 heteroatoms. The van der Waals surface area contributed by atoms with Crippen molar-refractivity contribution >= 4 is 90.1 Å². The van der Waals surface area contributed by atoms with Gasteiger partial charge in [-0.3, -0.25) is 14.5 Å². The van der Waals surface area contributed by atoms with E-state index in [1.165, 1.54) is 4.90 Å². The van der Waals surface area contributed by atoms with Crippen molar-refractivity contribution in [3.8, 4) is 18.1 Å². The van der Waals surface area contributed by atoms with E-state index in [2.05, 4.69) is 67.0 Å². The summed E-state index contributed by atoms with van der Waals surface area (Å²) in [7, 11) is 0. The van der Waals surface area contributed by atoms with Gasteiger partial charge in [0, 0.05) is 4.47 Å². The predicted molar refractivity (Wildman–Crippen MR) is 132 cm³/mol. The summed E-state index contributed by atoms with van der Waals surface area (Å²) in [5, 5.41) is -0.269. The average Bonchev–Trinajstić information content (AvgIpc) is 2.89. The number of rotatable bonds is 5. The van der Waals surface area contributed by atoms with Gasteiger partial charge in [0.2, 0.25) is 0 Å². The van der Waals surface area contributed by atoms with Gasteiger partial charge in [-0.15, -0.1) is 6.42 Å². The van der Waals surface area contributed by atoms with Crippen molar-refractivity contribution in [2.75, 3.05) is 6.61 Å². The summed E-state index contributed by atoms with van der Waals surface area (Å²) in [5.41, 5.74) is 1.71. The maximum atomic E-state index is 12.7. The first kappa shape index (κ1) is 21.7. The van der Waals surface area contributed by atoms with Crippen LogP contribution in [0.25, 0.3) is 6.08 Å². The number of nitrogens with zero attached hydrogens (tertiary/aromatic N) is 1. The number of ether oxygens (including phenoxy) is 1. The van der Waals surface area contributed by atoms with Crippen LogP contribution < -0.4 is 4.74 Å². The smallest absolute Gasteiger partial charge is 0.293 e. The zero-order chi connectivity index (χ0) is 20.3. The molecular formula is C20H12BrI2NO3S. The predicted octanol–water partition coefficient (Wildman–Crippen LogP) is 5.91. The average molecular weight is 680 g/mol. The molecule has 2 aromatic carbocycles. The summed E-state index contributed by atoms with van der Waals surface area (Å²) in [6.45, 7) is 0.440. The summed E-state index contributed by atoms with van der Waals surface area (Å²) in [6, 6.07) is 11.4. The molecule has 1 aliphatic heterocycles. The van der Waals surface area contributed by atoms with Gasteiger partial charge in [0.25, 0.3) is 11.1 Å². The number of thioether (sulfide) groups is 1. The Morgan fingerprint density at radius 2 is 1.93 bits per heavy atom. The molecule has 0 atom stereocenters. The molecule has 0 aromatic heterocycles. The van der Waals surface area contributed by atoms with Crippen molar-refractivity contribution in [3.05, 3.63) is 64.0 Å². The molecule has 1 fully saturated rings. The molecule has 1 heterocycles. The highest BCUT2D eigenvalue weighted by molar-refractivity contribution is 14.1. The van der Waals surface area contributed by atoms with Gasteiger partial charge in [0.1, 0.15) is 12.4 Å². The van der Waals surface area contributed by atoms with E-state index in [9.17, 15) is 9.59 Å². The molecule has 3 rings (SSSR count). The standard InChI is InChI=1S/C20H12BrI2NO3S/c1-2-6-27-18-15(22)8-13(9-16(18)23)10-17-19(25)24(20(26)28-17)11-12-4-3-5-14(21)7-12/h1,3-5,7-10H,6,11H2/b17-10-. The van der Waals surface area contributed by atoms with Gasteiger partial charge < -0.3 is 4.74 Å². The van der Waals surface area contributed by atoms with Crippen LogP contribution in [-0.2, 0) is 11.3 Å². The fourth-order valence-corrected chi connectivity index (χ4v) is 5.93. The molecule has 2 amide bonds. The van der Waals surface area contributed by atoms with Crippen molar-refractivity contribution in [3.63, 3.8) is 0 Å². The molecule has 4 nitrogen and oxygen atoms in total. The molecule has 1 aliphatic rings. The Morgan fingerprint density at radius 3 is 2.57 bits per heavy atom. The summed E-state index contributed by atoms with van der Waals surface area (Å²) in [4.78, 5) is 26.8. The van der Waals surface area contributed by atoms with Crippen LogP contribution in [0.1, 0.15) is 11.1 Å². The highest BCUT2D eigenvalue weighted by Crippen LogP contribution is 2.35. The molecule has 0 spiro atoms. The number of carbonyl (C=O) groups is 2. The lowest BCUT2D eigenvalue weighted by Crippen LogP contribution is -2.27. The minimum absolute atomic E-state index is 0.194. The summed E-state index contributed by atoms with van der Waals surface area (Å²) in [5.74, 6) is 2.88. The molecular weight excluding hydrogens is 668 g/mol. The highest BCUT2D eigenvalue weighted by atomic mass is 127. The van der Waals surface area contributed by atoms with Crippen LogP contribution in [0.4, 0.5) is 4.79 Å². The summed E-state index contributed by atoms with van der Waals surface area (Å²) >= 11 is 8.70. The van der Waals surface area contributed by atoms with Crippen LogP contribution in [0.3, 0.4) is 0 Å². The van der Waals surface area contributed by atoms with Gasteiger partial charge in [0.15, 0.2) is 0 Å². The highest BCUT2D eigenvalue weighted by Gasteiger charge is 2.35. The molecule has 0 bridgehead atoms. The minimum atomic E-state index is -0.285. The zero-order valence-corrected chi connectivity index (χ0v) is 21.0. The van der Waals surface area contributed by atoms with E-state index >= 15 is 0 Å². The topological polar surface area (TPSA) is 46.6 Å². The van der Waals surface area contributed by atoms with Gasteiger partial charge in [0.05, 0.1) is 18.6 Å². The van der Waals surface area contributed by atoms with Crippen LogP contribution in [-0.4, -0.2) is 22.7 Å². The molecule has 0 unspecified atom stereocenters. The third-order valence-electron chi connectivity index (χ3n) is 3.72. The summed E-state index contributed by atoms with van der Waals surface area (Å²) in [6.07, 6.45) is 6.99. The normalized spacial score (nSPS) is 15.2. The Hall–Kier alpha value is -1.03. The first-order valence-electron chi connectivity index (χ1n) is 7.94. The van der Waals surface area contributed by atoms with Crippen LogP contribution in [0.2, 0.25) is 0 Å².